The van der Waals surface area contributed by atoms with Crippen molar-refractivity contribution in [3.8, 4) is 0 Å². The predicted molar refractivity (Wildman–Crippen MR) is 112 cm³/mol. The molecule has 0 saturated carbocycles. The van der Waals surface area contributed by atoms with E-state index >= 15 is 0 Å². The first-order valence-corrected chi connectivity index (χ1v) is 10.5. The van der Waals surface area contributed by atoms with Gasteiger partial charge in [0.2, 0.25) is 5.91 Å². The summed E-state index contributed by atoms with van der Waals surface area (Å²) < 4.78 is 0. The number of nitrogens with one attached hydrogen (secondary N) is 2. The number of carbonyl (C=O) groups is 2. The van der Waals surface area contributed by atoms with Gasteiger partial charge in [-0.05, 0) is 50.8 Å². The van der Waals surface area contributed by atoms with Gasteiger partial charge in [-0.2, -0.15) is 0 Å². The monoisotopic (exact) mass is 373 g/mol. The molecule has 0 radical (unpaired) electrons. The molecule has 27 heavy (non-hydrogen) atoms. The lowest BCUT2D eigenvalue weighted by molar-refractivity contribution is -0.116. The molecular weight excluding hydrogens is 338 g/mol. The fourth-order valence-corrected chi connectivity index (χ4v) is 3.37. The third kappa shape index (κ3) is 6.56. The Labute approximate surface area is 163 Å². The molecule has 0 aromatic heterocycles. The Morgan fingerprint density at radius 1 is 1.11 bits per heavy atom. The first kappa shape index (κ1) is 21.3. The van der Waals surface area contributed by atoms with Crippen LogP contribution in [0.25, 0.3) is 0 Å². The molecule has 0 bridgehead atoms. The zero-order valence-corrected chi connectivity index (χ0v) is 17.1. The van der Waals surface area contributed by atoms with E-state index in [-0.39, 0.29) is 17.9 Å². The Hall–Kier alpha value is -2.04. The Balaban J connectivity index is 2.11. The highest BCUT2D eigenvalue weighted by Crippen LogP contribution is 2.28. The second kappa shape index (κ2) is 11.0. The second-order valence-electron chi connectivity index (χ2n) is 7.57. The first-order chi connectivity index (χ1) is 13.0. The zero-order valence-electron chi connectivity index (χ0n) is 17.1. The third-order valence-electron chi connectivity index (χ3n) is 5.22. The van der Waals surface area contributed by atoms with Crippen LogP contribution in [0.4, 0.5) is 11.4 Å². The van der Waals surface area contributed by atoms with E-state index in [0.717, 1.165) is 63.7 Å². The molecule has 5 nitrogen and oxygen atoms in total. The van der Waals surface area contributed by atoms with Gasteiger partial charge in [-0.25, -0.2) is 0 Å². The first-order valence-electron chi connectivity index (χ1n) is 10.5. The van der Waals surface area contributed by atoms with Gasteiger partial charge in [0.25, 0.3) is 5.91 Å². The number of hydrogen-bond acceptors (Lipinski definition) is 3. The average molecular weight is 374 g/mol. The Bertz CT molecular complexity index is 624. The lowest BCUT2D eigenvalue weighted by Crippen LogP contribution is -2.33. The van der Waals surface area contributed by atoms with Crippen molar-refractivity contribution in [1.29, 1.82) is 0 Å². The van der Waals surface area contributed by atoms with Crippen LogP contribution in [-0.2, 0) is 4.79 Å². The lowest BCUT2D eigenvalue weighted by atomic mass is 10.1. The minimum atomic E-state index is -0.0645. The van der Waals surface area contributed by atoms with Gasteiger partial charge in [0.05, 0.1) is 5.56 Å². The van der Waals surface area contributed by atoms with Crippen LogP contribution in [0, 0.1) is 0 Å². The molecule has 1 aliphatic heterocycles. The average Bonchev–Trinajstić information content (AvgIpc) is 3.19. The van der Waals surface area contributed by atoms with E-state index in [1.807, 2.05) is 25.1 Å². The zero-order chi connectivity index (χ0) is 19.6. The van der Waals surface area contributed by atoms with Crippen molar-refractivity contribution in [1.82, 2.24) is 5.32 Å². The molecule has 0 unspecified atom stereocenters. The molecule has 2 N–H and O–H groups in total. The Kier molecular flexibility index (Phi) is 8.62. The van der Waals surface area contributed by atoms with Gasteiger partial charge in [0.15, 0.2) is 0 Å². The minimum Gasteiger partial charge on any atom is -0.371 e. The number of anilines is 2. The molecule has 2 rings (SSSR count). The number of rotatable bonds is 10. The van der Waals surface area contributed by atoms with E-state index in [1.54, 1.807) is 0 Å². The minimum absolute atomic E-state index is 0.0216. The highest BCUT2D eigenvalue weighted by atomic mass is 16.2. The van der Waals surface area contributed by atoms with E-state index in [0.29, 0.717) is 17.7 Å². The van der Waals surface area contributed by atoms with Gasteiger partial charge < -0.3 is 15.5 Å². The maximum absolute atomic E-state index is 12.8. The maximum Gasteiger partial charge on any atom is 0.253 e. The normalized spacial score (nSPS) is 14.9. The molecule has 1 fully saturated rings. The van der Waals surface area contributed by atoms with Crippen LogP contribution in [-0.4, -0.2) is 30.9 Å². The number of amides is 2. The molecule has 1 aliphatic rings. The summed E-state index contributed by atoms with van der Waals surface area (Å²) in [4.78, 5) is 27.3. The number of unbranched alkanes of at least 4 members (excludes halogenated alkanes) is 3. The third-order valence-corrected chi connectivity index (χ3v) is 5.22. The molecule has 1 saturated heterocycles. The molecule has 1 heterocycles. The molecule has 5 heteroatoms. The van der Waals surface area contributed by atoms with Gasteiger partial charge in [-0.3, -0.25) is 9.59 Å². The van der Waals surface area contributed by atoms with Crippen LogP contribution >= 0.6 is 0 Å². The summed E-state index contributed by atoms with van der Waals surface area (Å²) in [5.74, 6) is -0.0430. The molecule has 0 spiro atoms. The molecule has 150 valence electrons. The quantitative estimate of drug-likeness (QED) is 0.583. The van der Waals surface area contributed by atoms with E-state index in [1.165, 1.54) is 0 Å². The Morgan fingerprint density at radius 3 is 2.52 bits per heavy atom. The van der Waals surface area contributed by atoms with Crippen molar-refractivity contribution in [2.45, 2.75) is 78.2 Å². The second-order valence-corrected chi connectivity index (χ2v) is 7.57. The van der Waals surface area contributed by atoms with Crippen molar-refractivity contribution in [3.05, 3.63) is 23.8 Å². The van der Waals surface area contributed by atoms with Crippen molar-refractivity contribution >= 4 is 23.2 Å². The van der Waals surface area contributed by atoms with Crippen LogP contribution in [0.3, 0.4) is 0 Å². The topological polar surface area (TPSA) is 61.4 Å². The SMILES string of the molecule is CCCCCCC(=O)Nc1ccc(N2CCCC2)c(C(=O)N[C@H](C)CC)c1. The summed E-state index contributed by atoms with van der Waals surface area (Å²) in [7, 11) is 0. The number of benzene rings is 1. The smallest absolute Gasteiger partial charge is 0.253 e. The maximum atomic E-state index is 12.8. The van der Waals surface area contributed by atoms with Crippen molar-refractivity contribution in [2.24, 2.45) is 0 Å². The van der Waals surface area contributed by atoms with E-state index < -0.39 is 0 Å². The highest BCUT2D eigenvalue weighted by Gasteiger charge is 2.21. The largest absolute Gasteiger partial charge is 0.371 e. The van der Waals surface area contributed by atoms with Gasteiger partial charge in [0.1, 0.15) is 0 Å². The summed E-state index contributed by atoms with van der Waals surface area (Å²) in [5, 5.41) is 6.02. The number of carbonyl (C=O) groups excluding carboxylic acids is 2. The predicted octanol–water partition coefficient (Wildman–Crippen LogP) is 4.72. The molecule has 1 aromatic carbocycles. The molecule has 2 amide bonds. The fraction of sp³-hybridized carbons (Fsp3) is 0.636. The van der Waals surface area contributed by atoms with Crippen molar-refractivity contribution < 1.29 is 9.59 Å². The van der Waals surface area contributed by atoms with E-state index in [9.17, 15) is 9.59 Å². The Morgan fingerprint density at radius 2 is 1.85 bits per heavy atom. The van der Waals surface area contributed by atoms with Gasteiger partial charge >= 0.3 is 0 Å². The highest BCUT2D eigenvalue weighted by molar-refractivity contribution is 6.02. The van der Waals surface area contributed by atoms with Crippen LogP contribution in [0.2, 0.25) is 0 Å². The summed E-state index contributed by atoms with van der Waals surface area (Å²) in [5.41, 5.74) is 2.32. The molecular formula is C22H35N3O2. The van der Waals surface area contributed by atoms with Crippen molar-refractivity contribution in [3.63, 3.8) is 0 Å². The van der Waals surface area contributed by atoms with Crippen LogP contribution in [0.1, 0.15) is 82.5 Å². The number of hydrogen-bond donors (Lipinski definition) is 2. The van der Waals surface area contributed by atoms with Gasteiger partial charge in [-0.1, -0.05) is 33.1 Å². The van der Waals surface area contributed by atoms with Crippen LogP contribution < -0.4 is 15.5 Å². The van der Waals surface area contributed by atoms with Crippen LogP contribution in [0.5, 0.6) is 0 Å². The summed E-state index contributed by atoms with van der Waals surface area (Å²) in [6.07, 6.45) is 8.05. The molecule has 1 aromatic rings. The lowest BCUT2D eigenvalue weighted by Gasteiger charge is -2.23. The number of nitrogens with zero attached hydrogens (tertiary/aromatic N) is 1. The molecule has 0 aliphatic carbocycles. The summed E-state index contributed by atoms with van der Waals surface area (Å²) in [6.45, 7) is 8.18. The summed E-state index contributed by atoms with van der Waals surface area (Å²) >= 11 is 0. The van der Waals surface area contributed by atoms with Crippen molar-refractivity contribution in [2.75, 3.05) is 23.3 Å². The van der Waals surface area contributed by atoms with E-state index in [2.05, 4.69) is 29.4 Å². The summed E-state index contributed by atoms with van der Waals surface area (Å²) in [6, 6.07) is 5.84. The fourth-order valence-electron chi connectivity index (χ4n) is 3.37. The standard InChI is InChI=1S/C22H35N3O2/c1-4-6-7-8-11-21(26)24-18-12-13-20(25-14-9-10-15-25)19(16-18)22(27)23-17(3)5-2/h12-13,16-17H,4-11,14-15H2,1-3H3,(H,23,27)(H,24,26)/t17-/m1/s1. The van der Waals surface area contributed by atoms with Gasteiger partial charge in [-0.15, -0.1) is 0 Å². The van der Waals surface area contributed by atoms with E-state index in [4.69, 9.17) is 0 Å². The van der Waals surface area contributed by atoms with Crippen LogP contribution in [0.15, 0.2) is 18.2 Å². The van der Waals surface area contributed by atoms with Gasteiger partial charge in [0, 0.05) is 36.9 Å². The molecule has 1 atom stereocenters.